The van der Waals surface area contributed by atoms with Crippen molar-refractivity contribution in [1.29, 1.82) is 0 Å². The molecule has 0 aliphatic heterocycles. The van der Waals surface area contributed by atoms with Crippen molar-refractivity contribution in [2.75, 3.05) is 25.1 Å². The number of ether oxygens (including phenoxy) is 3. The van der Waals surface area contributed by atoms with Crippen molar-refractivity contribution in [3.63, 3.8) is 0 Å². The summed E-state index contributed by atoms with van der Waals surface area (Å²) in [5.74, 6) is 1.67. The van der Waals surface area contributed by atoms with E-state index in [0.717, 1.165) is 11.8 Å². The lowest BCUT2D eigenvalue weighted by Gasteiger charge is -2.16. The van der Waals surface area contributed by atoms with Crippen LogP contribution >= 0.6 is 23.4 Å². The van der Waals surface area contributed by atoms with E-state index in [4.69, 9.17) is 30.2 Å². The van der Waals surface area contributed by atoms with Crippen LogP contribution in [0.5, 0.6) is 17.2 Å². The molecule has 0 bridgehead atoms. The molecule has 33 heavy (non-hydrogen) atoms. The van der Waals surface area contributed by atoms with Gasteiger partial charge in [-0.1, -0.05) is 29.4 Å². The van der Waals surface area contributed by atoms with Crippen LogP contribution in [0.3, 0.4) is 0 Å². The molecule has 2 aromatic carbocycles. The van der Waals surface area contributed by atoms with Crippen molar-refractivity contribution in [3.8, 4) is 28.7 Å². The second kappa shape index (κ2) is 11.8. The number of benzene rings is 2. The molecule has 0 aliphatic rings. The molecule has 1 amide bonds. The first kappa shape index (κ1) is 24.7. The Labute approximate surface area is 202 Å². The molecule has 0 saturated carbocycles. The van der Waals surface area contributed by atoms with Gasteiger partial charge >= 0.3 is 0 Å². The Balaban J connectivity index is 1.77. The van der Waals surface area contributed by atoms with Crippen molar-refractivity contribution < 1.29 is 23.4 Å². The average Bonchev–Trinajstić information content (AvgIpc) is 3.24. The molecule has 10 heteroatoms. The molecule has 8 nitrogen and oxygen atoms in total. The third kappa shape index (κ3) is 6.55. The fraction of sp³-hybridized carbons (Fsp3) is 0.348. The highest BCUT2D eigenvalue weighted by Gasteiger charge is 2.21. The first-order chi connectivity index (χ1) is 15.9. The molecule has 1 aromatic heterocycles. The molecule has 3 aromatic rings. The fourth-order valence-corrected chi connectivity index (χ4v) is 3.77. The molecular formula is C23H26ClN3O5S. The zero-order valence-electron chi connectivity index (χ0n) is 18.9. The van der Waals surface area contributed by atoms with Gasteiger partial charge in [0.15, 0.2) is 11.5 Å². The third-order valence-electron chi connectivity index (χ3n) is 4.30. The summed E-state index contributed by atoms with van der Waals surface area (Å²) in [6, 6.07) is 10.5. The lowest BCUT2D eigenvalue weighted by molar-refractivity contribution is -0.115. The first-order valence-corrected chi connectivity index (χ1v) is 11.8. The Bertz CT molecular complexity index is 1060. The smallest absolute Gasteiger partial charge is 0.277 e. The molecule has 1 heterocycles. The van der Waals surface area contributed by atoms with Gasteiger partial charge in [0, 0.05) is 16.3 Å². The number of anilines is 1. The summed E-state index contributed by atoms with van der Waals surface area (Å²) >= 11 is 7.13. The van der Waals surface area contributed by atoms with Gasteiger partial charge in [0.2, 0.25) is 17.5 Å². The van der Waals surface area contributed by atoms with Gasteiger partial charge in [0.1, 0.15) is 0 Å². The van der Waals surface area contributed by atoms with Crippen LogP contribution in [0.15, 0.2) is 46.0 Å². The maximum Gasteiger partial charge on any atom is 0.277 e. The SMILES string of the molecule is CCOc1cc(-c2nnc(SC(C)C(=O)Nc3cccc(Cl)c3)o2)cc(OCC)c1OCC. The first-order valence-electron chi connectivity index (χ1n) is 10.6. The van der Waals surface area contributed by atoms with Crippen LogP contribution in [0.4, 0.5) is 5.69 Å². The molecule has 0 spiro atoms. The maximum atomic E-state index is 12.5. The van der Waals surface area contributed by atoms with E-state index in [-0.39, 0.29) is 17.0 Å². The van der Waals surface area contributed by atoms with Gasteiger partial charge in [-0.05, 0) is 58.0 Å². The van der Waals surface area contributed by atoms with Crippen LogP contribution < -0.4 is 19.5 Å². The van der Waals surface area contributed by atoms with Gasteiger partial charge in [0.25, 0.3) is 5.22 Å². The van der Waals surface area contributed by atoms with E-state index in [9.17, 15) is 4.79 Å². The normalized spacial score (nSPS) is 11.7. The van der Waals surface area contributed by atoms with E-state index >= 15 is 0 Å². The zero-order valence-corrected chi connectivity index (χ0v) is 20.5. The molecule has 0 fully saturated rings. The van der Waals surface area contributed by atoms with Gasteiger partial charge in [-0.25, -0.2) is 0 Å². The van der Waals surface area contributed by atoms with Crippen LogP contribution in [0.1, 0.15) is 27.7 Å². The number of hydrogen-bond donors (Lipinski definition) is 1. The number of aromatic nitrogens is 2. The minimum atomic E-state index is -0.476. The maximum absolute atomic E-state index is 12.5. The van der Waals surface area contributed by atoms with E-state index in [1.165, 1.54) is 0 Å². The highest BCUT2D eigenvalue weighted by Crippen LogP contribution is 2.42. The Kier molecular flexibility index (Phi) is 8.85. The molecule has 1 N–H and O–H groups in total. The minimum Gasteiger partial charge on any atom is -0.490 e. The summed E-state index contributed by atoms with van der Waals surface area (Å²) in [7, 11) is 0. The second-order valence-corrected chi connectivity index (χ2v) is 8.46. The monoisotopic (exact) mass is 491 g/mol. The van der Waals surface area contributed by atoms with E-state index in [1.807, 2.05) is 20.8 Å². The Hall–Kier alpha value is -2.91. The van der Waals surface area contributed by atoms with Gasteiger partial charge < -0.3 is 23.9 Å². The summed E-state index contributed by atoms with van der Waals surface area (Å²) in [6.45, 7) is 8.81. The fourth-order valence-electron chi connectivity index (χ4n) is 2.90. The number of halogens is 1. The van der Waals surface area contributed by atoms with Crippen LogP contribution in [0, 0.1) is 0 Å². The van der Waals surface area contributed by atoms with Gasteiger partial charge in [0.05, 0.1) is 25.1 Å². The number of carbonyl (C=O) groups is 1. The zero-order chi connectivity index (χ0) is 23.8. The highest BCUT2D eigenvalue weighted by atomic mass is 35.5. The molecule has 1 unspecified atom stereocenters. The van der Waals surface area contributed by atoms with E-state index in [0.29, 0.717) is 53.3 Å². The largest absolute Gasteiger partial charge is 0.490 e. The molecule has 3 rings (SSSR count). The third-order valence-corrected chi connectivity index (χ3v) is 5.47. The van der Waals surface area contributed by atoms with Crippen LogP contribution in [0.25, 0.3) is 11.5 Å². The number of carbonyl (C=O) groups excluding carboxylic acids is 1. The summed E-state index contributed by atoms with van der Waals surface area (Å²) in [5, 5.41) is 11.4. The van der Waals surface area contributed by atoms with Gasteiger partial charge in [-0.2, -0.15) is 0 Å². The summed E-state index contributed by atoms with van der Waals surface area (Å²) in [4.78, 5) is 12.5. The van der Waals surface area contributed by atoms with Crippen molar-refractivity contribution in [1.82, 2.24) is 10.2 Å². The van der Waals surface area contributed by atoms with Gasteiger partial charge in [-0.3, -0.25) is 4.79 Å². The van der Waals surface area contributed by atoms with Crippen LogP contribution in [-0.2, 0) is 4.79 Å². The van der Waals surface area contributed by atoms with Crippen molar-refractivity contribution in [3.05, 3.63) is 41.4 Å². The van der Waals surface area contributed by atoms with Crippen molar-refractivity contribution in [2.24, 2.45) is 0 Å². The molecule has 176 valence electrons. The van der Waals surface area contributed by atoms with E-state index in [1.54, 1.807) is 43.3 Å². The van der Waals surface area contributed by atoms with Crippen LogP contribution in [0.2, 0.25) is 5.02 Å². The predicted molar refractivity (Wildman–Crippen MR) is 129 cm³/mol. The highest BCUT2D eigenvalue weighted by molar-refractivity contribution is 8.00. The van der Waals surface area contributed by atoms with Crippen molar-refractivity contribution in [2.45, 2.75) is 38.2 Å². The topological polar surface area (TPSA) is 95.7 Å². The number of rotatable bonds is 11. The Morgan fingerprint density at radius 2 is 1.73 bits per heavy atom. The number of hydrogen-bond acceptors (Lipinski definition) is 8. The van der Waals surface area contributed by atoms with E-state index in [2.05, 4.69) is 15.5 Å². The summed E-state index contributed by atoms with van der Waals surface area (Å²) in [6.07, 6.45) is 0. The lowest BCUT2D eigenvalue weighted by Crippen LogP contribution is -2.22. The Morgan fingerprint density at radius 3 is 2.33 bits per heavy atom. The van der Waals surface area contributed by atoms with Crippen molar-refractivity contribution >= 4 is 35.0 Å². The lowest BCUT2D eigenvalue weighted by atomic mass is 10.2. The standard InChI is InChI=1S/C23H26ClN3O5S/c1-5-29-18-11-15(12-19(30-6-2)20(18)31-7-3)22-26-27-23(32-22)33-14(4)21(28)25-17-10-8-9-16(24)13-17/h8-14H,5-7H2,1-4H3,(H,25,28). The summed E-state index contributed by atoms with van der Waals surface area (Å²) in [5.41, 5.74) is 1.24. The number of thioether (sulfide) groups is 1. The average molecular weight is 492 g/mol. The predicted octanol–water partition coefficient (Wildman–Crippen LogP) is 5.71. The molecule has 0 radical (unpaired) electrons. The molecular weight excluding hydrogens is 466 g/mol. The summed E-state index contributed by atoms with van der Waals surface area (Å²) < 4.78 is 23.0. The van der Waals surface area contributed by atoms with Crippen LogP contribution in [-0.4, -0.2) is 41.2 Å². The number of nitrogens with zero attached hydrogens (tertiary/aromatic N) is 2. The van der Waals surface area contributed by atoms with Gasteiger partial charge in [-0.15, -0.1) is 10.2 Å². The number of amides is 1. The minimum absolute atomic E-state index is 0.208. The van der Waals surface area contributed by atoms with E-state index < -0.39 is 5.25 Å². The molecule has 1 atom stereocenters. The Morgan fingerprint density at radius 1 is 1.06 bits per heavy atom. The molecule has 0 aliphatic carbocycles. The number of nitrogens with one attached hydrogen (secondary N) is 1. The molecule has 0 saturated heterocycles. The second-order valence-electron chi connectivity index (χ2n) is 6.73. The quantitative estimate of drug-likeness (QED) is 0.341.